The van der Waals surface area contributed by atoms with Gasteiger partial charge in [0.05, 0.1) is 0 Å². The van der Waals surface area contributed by atoms with Crippen LogP contribution in [-0.2, 0) is 4.79 Å². The molecule has 1 saturated carbocycles. The lowest BCUT2D eigenvalue weighted by Crippen LogP contribution is -2.42. The molecule has 3 N–H and O–H groups in total. The Kier molecular flexibility index (Phi) is 5.22. The first-order chi connectivity index (χ1) is 9.07. The Morgan fingerprint density at radius 3 is 2.58 bits per heavy atom. The van der Waals surface area contributed by atoms with E-state index < -0.39 is 0 Å². The molecule has 19 heavy (non-hydrogen) atoms. The van der Waals surface area contributed by atoms with Crippen LogP contribution in [0.15, 0.2) is 0 Å². The van der Waals surface area contributed by atoms with Crippen LogP contribution < -0.4 is 11.1 Å². The zero-order chi connectivity index (χ0) is 13.7. The van der Waals surface area contributed by atoms with E-state index in [1.54, 1.807) is 0 Å². The predicted octanol–water partition coefficient (Wildman–Crippen LogP) is 1.50. The molecule has 1 aliphatic carbocycles. The highest BCUT2D eigenvalue weighted by molar-refractivity contribution is 5.77. The normalized spacial score (nSPS) is 24.5. The summed E-state index contributed by atoms with van der Waals surface area (Å²) in [6, 6.07) is 0. The van der Waals surface area contributed by atoms with Gasteiger partial charge in [-0.2, -0.15) is 0 Å². The molecule has 0 bridgehead atoms. The molecule has 110 valence electrons. The minimum Gasteiger partial charge on any atom is -0.356 e. The molecule has 2 rings (SSSR count). The van der Waals surface area contributed by atoms with Gasteiger partial charge in [0.2, 0.25) is 5.91 Å². The lowest BCUT2D eigenvalue weighted by molar-refractivity contribution is -0.122. The Labute approximate surface area is 117 Å². The van der Waals surface area contributed by atoms with Gasteiger partial charge >= 0.3 is 0 Å². The van der Waals surface area contributed by atoms with Gasteiger partial charge in [0.1, 0.15) is 0 Å². The third-order valence-corrected chi connectivity index (χ3v) is 4.82. The van der Waals surface area contributed by atoms with Crippen molar-refractivity contribution in [3.63, 3.8) is 0 Å². The Balaban J connectivity index is 1.59. The molecule has 0 atom stereocenters. The van der Waals surface area contributed by atoms with Crippen molar-refractivity contribution in [1.29, 1.82) is 0 Å². The van der Waals surface area contributed by atoms with Gasteiger partial charge in [0, 0.05) is 18.5 Å². The van der Waals surface area contributed by atoms with E-state index in [1.165, 1.54) is 38.8 Å². The van der Waals surface area contributed by atoms with E-state index in [0.717, 1.165) is 31.7 Å². The number of hydrogen-bond donors (Lipinski definition) is 2. The highest BCUT2D eigenvalue weighted by Gasteiger charge is 2.31. The van der Waals surface area contributed by atoms with Gasteiger partial charge in [-0.25, -0.2) is 0 Å². The van der Waals surface area contributed by atoms with E-state index >= 15 is 0 Å². The van der Waals surface area contributed by atoms with Gasteiger partial charge < -0.3 is 16.0 Å². The molecule has 0 radical (unpaired) electrons. The molecule has 1 aliphatic heterocycles. The van der Waals surface area contributed by atoms with E-state index in [4.69, 9.17) is 5.73 Å². The molecule has 2 fully saturated rings. The topological polar surface area (TPSA) is 58.4 Å². The molecule has 1 heterocycles. The molecular weight excluding hydrogens is 238 g/mol. The summed E-state index contributed by atoms with van der Waals surface area (Å²) < 4.78 is 0. The first-order valence-electron chi connectivity index (χ1n) is 7.81. The summed E-state index contributed by atoms with van der Waals surface area (Å²) in [5.74, 6) is 0.937. The second-order valence-corrected chi connectivity index (χ2v) is 6.63. The lowest BCUT2D eigenvalue weighted by Gasteiger charge is -2.29. The van der Waals surface area contributed by atoms with Crippen molar-refractivity contribution in [3.05, 3.63) is 0 Å². The van der Waals surface area contributed by atoms with Gasteiger partial charge in [-0.05, 0) is 58.2 Å². The van der Waals surface area contributed by atoms with Gasteiger partial charge in [-0.3, -0.25) is 4.79 Å². The summed E-state index contributed by atoms with van der Waals surface area (Å²) >= 11 is 0. The second kappa shape index (κ2) is 6.71. The van der Waals surface area contributed by atoms with Crippen molar-refractivity contribution in [2.45, 2.75) is 56.9 Å². The third-order valence-electron chi connectivity index (χ3n) is 4.82. The quantitative estimate of drug-likeness (QED) is 0.793. The van der Waals surface area contributed by atoms with Crippen LogP contribution in [0.4, 0.5) is 0 Å². The first-order valence-corrected chi connectivity index (χ1v) is 7.81. The van der Waals surface area contributed by atoms with Crippen LogP contribution in [-0.4, -0.2) is 43.0 Å². The minimum atomic E-state index is -0.211. The van der Waals surface area contributed by atoms with Crippen LogP contribution in [0, 0.1) is 5.92 Å². The summed E-state index contributed by atoms with van der Waals surface area (Å²) in [7, 11) is 2.18. The molecule has 4 nitrogen and oxygen atoms in total. The summed E-state index contributed by atoms with van der Waals surface area (Å²) in [6.45, 7) is 3.22. The van der Waals surface area contributed by atoms with Crippen molar-refractivity contribution in [3.8, 4) is 0 Å². The first kappa shape index (κ1) is 14.8. The minimum absolute atomic E-state index is 0.150. The monoisotopic (exact) mass is 267 g/mol. The van der Waals surface area contributed by atoms with Crippen molar-refractivity contribution >= 4 is 5.91 Å². The Morgan fingerprint density at radius 2 is 1.95 bits per heavy atom. The second-order valence-electron chi connectivity index (χ2n) is 6.63. The molecule has 0 unspecified atom stereocenters. The molecule has 0 spiro atoms. The van der Waals surface area contributed by atoms with E-state index in [1.807, 2.05) is 0 Å². The summed E-state index contributed by atoms with van der Waals surface area (Å²) in [6.07, 6.45) is 8.56. The van der Waals surface area contributed by atoms with E-state index in [0.29, 0.717) is 6.42 Å². The number of hydrogen-bond acceptors (Lipinski definition) is 3. The van der Waals surface area contributed by atoms with Crippen molar-refractivity contribution in [2.75, 3.05) is 26.7 Å². The zero-order valence-electron chi connectivity index (χ0n) is 12.3. The number of piperidine rings is 1. The summed E-state index contributed by atoms with van der Waals surface area (Å²) in [5.41, 5.74) is 6.01. The maximum Gasteiger partial charge on any atom is 0.221 e. The number of amides is 1. The molecule has 2 aliphatic rings. The third kappa shape index (κ3) is 4.77. The molecule has 0 aromatic heterocycles. The van der Waals surface area contributed by atoms with Gasteiger partial charge in [-0.15, -0.1) is 0 Å². The number of likely N-dealkylation sites (tertiary alicyclic amines) is 1. The number of nitrogens with one attached hydrogen (secondary N) is 1. The number of carbonyl (C=O) groups excluding carboxylic acids is 1. The molecule has 4 heteroatoms. The Hall–Kier alpha value is -0.610. The van der Waals surface area contributed by atoms with E-state index in [9.17, 15) is 4.79 Å². The average molecular weight is 267 g/mol. The molecule has 0 aromatic rings. The number of carbonyl (C=O) groups is 1. The summed E-state index contributed by atoms with van der Waals surface area (Å²) in [5, 5.41) is 3.06. The maximum atomic E-state index is 11.9. The fourth-order valence-corrected chi connectivity index (χ4v) is 3.40. The molecular formula is C15H29N3O. The zero-order valence-corrected chi connectivity index (χ0v) is 12.3. The molecule has 0 aromatic carbocycles. The highest BCUT2D eigenvalue weighted by atomic mass is 16.1. The van der Waals surface area contributed by atoms with Gasteiger partial charge in [-0.1, -0.05) is 12.8 Å². The fraction of sp³-hybridized carbons (Fsp3) is 0.933. The van der Waals surface area contributed by atoms with E-state index in [2.05, 4.69) is 17.3 Å². The smallest absolute Gasteiger partial charge is 0.221 e. The molecule has 1 saturated heterocycles. The summed E-state index contributed by atoms with van der Waals surface area (Å²) in [4.78, 5) is 14.3. The maximum absolute atomic E-state index is 11.9. The Morgan fingerprint density at radius 1 is 1.32 bits per heavy atom. The number of nitrogens with zero attached hydrogens (tertiary/aromatic N) is 1. The van der Waals surface area contributed by atoms with Crippen LogP contribution in [0.3, 0.4) is 0 Å². The van der Waals surface area contributed by atoms with Crippen LogP contribution >= 0.6 is 0 Å². The van der Waals surface area contributed by atoms with Crippen molar-refractivity contribution in [1.82, 2.24) is 10.2 Å². The van der Waals surface area contributed by atoms with Crippen LogP contribution in [0.5, 0.6) is 0 Å². The van der Waals surface area contributed by atoms with Crippen molar-refractivity contribution < 1.29 is 4.79 Å². The molecule has 1 amide bonds. The lowest BCUT2D eigenvalue weighted by atomic mass is 9.93. The van der Waals surface area contributed by atoms with Crippen molar-refractivity contribution in [2.24, 2.45) is 11.7 Å². The van der Waals surface area contributed by atoms with Crippen LogP contribution in [0.1, 0.15) is 51.4 Å². The van der Waals surface area contributed by atoms with Crippen LogP contribution in [0.25, 0.3) is 0 Å². The fourth-order valence-electron chi connectivity index (χ4n) is 3.40. The highest BCUT2D eigenvalue weighted by Crippen LogP contribution is 2.29. The Bertz CT molecular complexity index is 292. The predicted molar refractivity (Wildman–Crippen MR) is 77.9 cm³/mol. The number of rotatable bonds is 5. The average Bonchev–Trinajstić information content (AvgIpc) is 2.78. The number of nitrogens with two attached hydrogens (primary N) is 1. The van der Waals surface area contributed by atoms with Gasteiger partial charge in [0.25, 0.3) is 0 Å². The van der Waals surface area contributed by atoms with E-state index in [-0.39, 0.29) is 11.4 Å². The largest absolute Gasteiger partial charge is 0.356 e. The van der Waals surface area contributed by atoms with Crippen LogP contribution in [0.2, 0.25) is 0 Å². The standard InChI is InChI=1S/C15H29N3O/c1-18-10-5-13(6-11-18)4-9-17-14(19)12-15(16)7-2-3-8-15/h13H,2-12,16H2,1H3,(H,17,19). The SMILES string of the molecule is CN1CCC(CCNC(=O)CC2(N)CCCC2)CC1. The van der Waals surface area contributed by atoms with Gasteiger partial charge in [0.15, 0.2) is 0 Å².